The molecule has 0 bridgehead atoms. The van der Waals surface area contributed by atoms with Gasteiger partial charge in [-0.2, -0.15) is 5.10 Å². The van der Waals surface area contributed by atoms with Crippen LogP contribution in [0.2, 0.25) is 0 Å². The molecule has 0 radical (unpaired) electrons. The highest BCUT2D eigenvalue weighted by Crippen LogP contribution is 2.25. The molecule has 0 aliphatic carbocycles. The van der Waals surface area contributed by atoms with E-state index in [2.05, 4.69) is 19.8 Å². The van der Waals surface area contributed by atoms with Gasteiger partial charge in [0.05, 0.1) is 11.9 Å². The number of fused-ring (bicyclic) bond motifs is 1. The number of carbonyl (C=O) groups is 1. The van der Waals surface area contributed by atoms with Crippen LogP contribution in [0.4, 0.5) is 0 Å². The normalized spacial score (nSPS) is 15.5. The maximum Gasteiger partial charge on any atom is 0.267 e. The summed E-state index contributed by atoms with van der Waals surface area (Å²) in [6.07, 6.45) is 3.29. The van der Waals surface area contributed by atoms with E-state index in [4.69, 9.17) is 4.74 Å². The molecule has 1 fully saturated rings. The lowest BCUT2D eigenvalue weighted by molar-refractivity contribution is 0.0592. The Balaban J connectivity index is 1.42. The molecular formula is C17H17N5O2S. The Bertz CT molecular complexity index is 899. The van der Waals surface area contributed by atoms with Gasteiger partial charge in [0, 0.05) is 36.7 Å². The molecule has 1 aromatic carbocycles. The molecule has 0 atom stereocenters. The molecule has 1 aliphatic heterocycles. The smallest absolute Gasteiger partial charge is 0.267 e. The molecule has 0 N–H and O–H groups in total. The topological polar surface area (TPSA) is 81.1 Å². The minimum Gasteiger partial charge on any atom is -0.473 e. The second-order valence-electron chi connectivity index (χ2n) is 6.03. The second kappa shape index (κ2) is 6.72. The number of piperidine rings is 1. The third kappa shape index (κ3) is 3.17. The van der Waals surface area contributed by atoms with Crippen molar-refractivity contribution in [2.24, 2.45) is 0 Å². The fraction of sp³-hybridized carbons (Fsp3) is 0.353. The zero-order chi connectivity index (χ0) is 17.2. The highest BCUT2D eigenvalue weighted by molar-refractivity contribution is 7.07. The van der Waals surface area contributed by atoms with Gasteiger partial charge in [-0.3, -0.25) is 4.79 Å². The van der Waals surface area contributed by atoms with Crippen LogP contribution in [0.15, 0.2) is 30.5 Å². The molecule has 25 heavy (non-hydrogen) atoms. The summed E-state index contributed by atoms with van der Waals surface area (Å²) in [4.78, 5) is 15.0. The van der Waals surface area contributed by atoms with Crippen molar-refractivity contribution in [3.63, 3.8) is 0 Å². The van der Waals surface area contributed by atoms with Crippen LogP contribution in [0.5, 0.6) is 5.88 Å². The van der Waals surface area contributed by atoms with Crippen molar-refractivity contribution in [2.45, 2.75) is 25.9 Å². The van der Waals surface area contributed by atoms with E-state index in [1.807, 2.05) is 36.1 Å². The lowest BCUT2D eigenvalue weighted by Gasteiger charge is -2.31. The molecule has 7 nitrogen and oxygen atoms in total. The molecule has 1 amide bonds. The predicted octanol–water partition coefficient (Wildman–Crippen LogP) is 2.47. The van der Waals surface area contributed by atoms with Crippen molar-refractivity contribution in [3.05, 3.63) is 41.0 Å². The number of rotatable bonds is 3. The van der Waals surface area contributed by atoms with Crippen LogP contribution >= 0.6 is 11.5 Å². The summed E-state index contributed by atoms with van der Waals surface area (Å²) in [5, 5.41) is 14.0. The number of ether oxygens (including phenoxy) is 1. The number of amides is 1. The Kier molecular flexibility index (Phi) is 4.27. The molecule has 0 spiro atoms. The molecule has 8 heteroatoms. The van der Waals surface area contributed by atoms with Crippen molar-refractivity contribution in [1.29, 1.82) is 0 Å². The second-order valence-corrected chi connectivity index (χ2v) is 6.79. The first-order chi connectivity index (χ1) is 12.2. The minimum atomic E-state index is 0.0101. The molecular weight excluding hydrogens is 338 g/mol. The summed E-state index contributed by atoms with van der Waals surface area (Å²) < 4.78 is 9.92. The summed E-state index contributed by atoms with van der Waals surface area (Å²) in [5.41, 5.74) is 0.694. The molecule has 128 valence electrons. The number of benzene rings is 1. The fourth-order valence-electron chi connectivity index (χ4n) is 2.99. The van der Waals surface area contributed by atoms with Crippen molar-refractivity contribution in [1.82, 2.24) is 24.7 Å². The van der Waals surface area contributed by atoms with Crippen LogP contribution in [0, 0.1) is 6.92 Å². The van der Waals surface area contributed by atoms with E-state index in [1.54, 1.807) is 6.20 Å². The number of carbonyl (C=O) groups excluding carboxylic acids is 1. The lowest BCUT2D eigenvalue weighted by atomic mass is 10.1. The summed E-state index contributed by atoms with van der Waals surface area (Å²) in [7, 11) is 0. The summed E-state index contributed by atoms with van der Waals surface area (Å²) in [6.45, 7) is 3.11. The number of aromatic nitrogens is 4. The van der Waals surface area contributed by atoms with Crippen LogP contribution in [-0.2, 0) is 0 Å². The van der Waals surface area contributed by atoms with Gasteiger partial charge in [-0.15, -0.1) is 10.2 Å². The monoisotopic (exact) mass is 355 g/mol. The Morgan fingerprint density at radius 1 is 1.24 bits per heavy atom. The number of nitrogens with zero attached hydrogens (tertiary/aromatic N) is 5. The van der Waals surface area contributed by atoms with E-state index >= 15 is 0 Å². The van der Waals surface area contributed by atoms with Crippen LogP contribution in [0.1, 0.15) is 28.2 Å². The van der Waals surface area contributed by atoms with E-state index in [1.165, 1.54) is 0 Å². The summed E-state index contributed by atoms with van der Waals surface area (Å²) in [5.74, 6) is 0.571. The van der Waals surface area contributed by atoms with Crippen molar-refractivity contribution in [3.8, 4) is 5.88 Å². The zero-order valence-electron chi connectivity index (χ0n) is 13.8. The van der Waals surface area contributed by atoms with Crippen LogP contribution in [0.25, 0.3) is 10.8 Å². The average Bonchev–Trinajstić information content (AvgIpc) is 3.08. The van der Waals surface area contributed by atoms with E-state index in [-0.39, 0.29) is 12.0 Å². The largest absolute Gasteiger partial charge is 0.473 e. The Labute approximate surface area is 148 Å². The highest BCUT2D eigenvalue weighted by atomic mass is 32.1. The van der Waals surface area contributed by atoms with E-state index in [9.17, 15) is 4.79 Å². The molecule has 0 unspecified atom stereocenters. The first-order valence-corrected chi connectivity index (χ1v) is 8.95. The van der Waals surface area contributed by atoms with Crippen LogP contribution in [0.3, 0.4) is 0 Å². The third-order valence-corrected chi connectivity index (χ3v) is 5.21. The minimum absolute atomic E-state index is 0.0101. The SMILES string of the molecule is Cc1nnsc1C(=O)N1CCC(Oc2nncc3ccccc23)CC1. The van der Waals surface area contributed by atoms with E-state index < -0.39 is 0 Å². The van der Waals surface area contributed by atoms with E-state index in [0.29, 0.717) is 29.5 Å². The third-order valence-electron chi connectivity index (χ3n) is 4.39. The summed E-state index contributed by atoms with van der Waals surface area (Å²) >= 11 is 1.15. The standard InChI is InChI=1S/C17H17N5O2S/c1-11-15(25-21-19-11)17(23)22-8-6-13(7-9-22)24-16-14-5-3-2-4-12(14)10-18-20-16/h2-5,10,13H,6-9H2,1H3. The van der Waals surface area contributed by atoms with Gasteiger partial charge >= 0.3 is 0 Å². The fourth-order valence-corrected chi connectivity index (χ4v) is 3.62. The predicted molar refractivity (Wildman–Crippen MR) is 93.7 cm³/mol. The number of likely N-dealkylation sites (tertiary alicyclic amines) is 1. The molecule has 4 rings (SSSR count). The van der Waals surface area contributed by atoms with Crippen molar-refractivity contribution in [2.75, 3.05) is 13.1 Å². The first kappa shape index (κ1) is 15.9. The van der Waals surface area contributed by atoms with Gasteiger partial charge < -0.3 is 9.64 Å². The molecule has 0 saturated carbocycles. The Hall–Kier alpha value is -2.61. The first-order valence-electron chi connectivity index (χ1n) is 8.17. The van der Waals surface area contributed by atoms with Crippen LogP contribution < -0.4 is 4.74 Å². The highest BCUT2D eigenvalue weighted by Gasteiger charge is 2.27. The van der Waals surface area contributed by atoms with Gasteiger partial charge in [0.2, 0.25) is 5.88 Å². The Morgan fingerprint density at radius 2 is 2.04 bits per heavy atom. The quantitative estimate of drug-likeness (QED) is 0.718. The van der Waals surface area contributed by atoms with Crippen molar-refractivity contribution < 1.29 is 9.53 Å². The molecule has 1 aliphatic rings. The number of aryl methyl sites for hydroxylation is 1. The average molecular weight is 355 g/mol. The molecule has 2 aromatic heterocycles. The van der Waals surface area contributed by atoms with E-state index in [0.717, 1.165) is 35.1 Å². The maximum atomic E-state index is 12.5. The van der Waals surface area contributed by atoms with Gasteiger partial charge in [0.15, 0.2) is 0 Å². The molecule has 1 saturated heterocycles. The lowest BCUT2D eigenvalue weighted by Crippen LogP contribution is -2.41. The van der Waals surface area contributed by atoms with Gasteiger partial charge in [0.25, 0.3) is 5.91 Å². The number of hydrogen-bond donors (Lipinski definition) is 0. The molecule has 3 heterocycles. The Morgan fingerprint density at radius 3 is 2.80 bits per heavy atom. The zero-order valence-corrected chi connectivity index (χ0v) is 14.6. The van der Waals surface area contributed by atoms with Gasteiger partial charge in [-0.05, 0) is 24.5 Å². The van der Waals surface area contributed by atoms with Gasteiger partial charge in [-0.1, -0.05) is 22.7 Å². The van der Waals surface area contributed by atoms with Crippen molar-refractivity contribution >= 4 is 28.2 Å². The maximum absolute atomic E-state index is 12.5. The van der Waals surface area contributed by atoms with Gasteiger partial charge in [-0.25, -0.2) is 0 Å². The number of hydrogen-bond acceptors (Lipinski definition) is 7. The van der Waals surface area contributed by atoms with Gasteiger partial charge in [0.1, 0.15) is 11.0 Å². The summed E-state index contributed by atoms with van der Waals surface area (Å²) in [6, 6.07) is 7.90. The molecule has 3 aromatic rings. The van der Waals surface area contributed by atoms with Crippen LogP contribution in [-0.4, -0.2) is 49.8 Å².